The van der Waals surface area contributed by atoms with Crippen LogP contribution in [-0.2, 0) is 32.9 Å². The van der Waals surface area contributed by atoms with Crippen molar-refractivity contribution in [2.45, 2.75) is 48.6 Å². The summed E-state index contributed by atoms with van der Waals surface area (Å²) in [6.07, 6.45) is 1.24. The van der Waals surface area contributed by atoms with Crippen molar-refractivity contribution in [3.8, 4) is 5.75 Å². The number of hydrogen-bond acceptors (Lipinski definition) is 8. The molecule has 3 aliphatic rings. The SMILES string of the molecule is C[C@@H]1Cc2ccccc2N1S(=O)(=O)c1cccc(C(=O)N2CCN(c3ccc(OC(=O)c4cccc(S(=O)(=O)N5c6ccccc6C[C@@H]5C)c4)cc3)CC2)c1. The molecule has 5 aromatic carbocycles. The fourth-order valence-corrected chi connectivity index (χ4v) is 11.3. The van der Waals surface area contributed by atoms with Crippen molar-refractivity contribution >= 4 is 49.0 Å². The number of benzene rings is 5. The third-order valence-corrected chi connectivity index (χ3v) is 14.4. The molecule has 55 heavy (non-hydrogen) atoms. The summed E-state index contributed by atoms with van der Waals surface area (Å²) >= 11 is 0. The van der Waals surface area contributed by atoms with Crippen molar-refractivity contribution in [3.63, 3.8) is 0 Å². The molecule has 0 radical (unpaired) electrons. The van der Waals surface area contributed by atoms with E-state index in [2.05, 4.69) is 4.90 Å². The van der Waals surface area contributed by atoms with Gasteiger partial charge >= 0.3 is 5.97 Å². The molecular formula is C42H40N4O7S2. The average molecular weight is 777 g/mol. The summed E-state index contributed by atoms with van der Waals surface area (Å²) in [5, 5.41) is 0. The van der Waals surface area contributed by atoms with Gasteiger partial charge in [-0.25, -0.2) is 21.6 Å². The lowest BCUT2D eigenvalue weighted by Crippen LogP contribution is -2.48. The zero-order valence-corrected chi connectivity index (χ0v) is 32.0. The van der Waals surface area contributed by atoms with Gasteiger partial charge in [0.1, 0.15) is 5.75 Å². The normalized spacial score (nSPS) is 18.2. The van der Waals surface area contributed by atoms with E-state index in [1.807, 2.05) is 68.4 Å². The number of carbonyl (C=O) groups excluding carboxylic acids is 2. The molecule has 11 nitrogen and oxygen atoms in total. The molecule has 1 saturated heterocycles. The van der Waals surface area contributed by atoms with Gasteiger partial charge in [0.2, 0.25) is 0 Å². The van der Waals surface area contributed by atoms with E-state index >= 15 is 0 Å². The van der Waals surface area contributed by atoms with E-state index in [4.69, 9.17) is 4.74 Å². The number of anilines is 3. The van der Waals surface area contributed by atoms with Gasteiger partial charge in [0, 0.05) is 49.5 Å². The smallest absolute Gasteiger partial charge is 0.343 e. The molecule has 0 unspecified atom stereocenters. The Morgan fingerprint density at radius 1 is 0.582 bits per heavy atom. The number of nitrogens with zero attached hydrogens (tertiary/aromatic N) is 4. The highest BCUT2D eigenvalue weighted by Gasteiger charge is 2.37. The van der Waals surface area contributed by atoms with Crippen LogP contribution in [0.1, 0.15) is 45.7 Å². The van der Waals surface area contributed by atoms with Crippen LogP contribution in [0, 0.1) is 0 Å². The Morgan fingerprint density at radius 2 is 1.07 bits per heavy atom. The van der Waals surface area contributed by atoms with Crippen molar-refractivity contribution in [2.75, 3.05) is 39.7 Å². The summed E-state index contributed by atoms with van der Waals surface area (Å²) in [6, 6.07) is 33.6. The van der Waals surface area contributed by atoms with Gasteiger partial charge in [0.25, 0.3) is 26.0 Å². The van der Waals surface area contributed by atoms with E-state index in [0.29, 0.717) is 61.7 Å². The number of hydrogen-bond donors (Lipinski definition) is 0. The Balaban J connectivity index is 0.889. The molecule has 8 rings (SSSR count). The van der Waals surface area contributed by atoms with Crippen LogP contribution in [0.15, 0.2) is 131 Å². The lowest BCUT2D eigenvalue weighted by molar-refractivity contribution is 0.0731. The van der Waals surface area contributed by atoms with Crippen LogP contribution < -0.4 is 18.2 Å². The molecule has 282 valence electrons. The standard InChI is InChI=1S/C42H40N4O7S2/c1-29-25-31-9-3-5-15-39(31)45(29)54(49,50)37-13-7-11-33(27-37)41(47)44-23-21-43(22-24-44)35-17-19-36(20-18-35)53-42(48)34-12-8-14-38(28-34)55(51,52)46-30(2)26-32-10-4-6-16-40(32)46/h3-20,27-30H,21-26H2,1-2H3/t29-,30+/m1/s1. The van der Waals surface area contributed by atoms with Crippen LogP contribution in [0.5, 0.6) is 5.75 Å². The van der Waals surface area contributed by atoms with Gasteiger partial charge in [-0.1, -0.05) is 48.5 Å². The molecule has 5 aromatic rings. The third-order valence-electron chi connectivity index (χ3n) is 10.5. The first-order valence-electron chi connectivity index (χ1n) is 18.2. The second kappa shape index (κ2) is 14.2. The van der Waals surface area contributed by atoms with Crippen molar-refractivity contribution in [2.24, 2.45) is 0 Å². The number of ether oxygens (including phenoxy) is 1. The monoisotopic (exact) mass is 776 g/mol. The zero-order valence-electron chi connectivity index (χ0n) is 30.4. The first kappa shape index (κ1) is 36.3. The van der Waals surface area contributed by atoms with Gasteiger partial charge in [-0.15, -0.1) is 0 Å². The van der Waals surface area contributed by atoms with Gasteiger partial charge in [0.05, 0.1) is 26.7 Å². The van der Waals surface area contributed by atoms with Crippen molar-refractivity contribution in [1.29, 1.82) is 0 Å². The zero-order chi connectivity index (χ0) is 38.5. The molecule has 0 aliphatic carbocycles. The number of esters is 1. The van der Waals surface area contributed by atoms with E-state index < -0.39 is 26.0 Å². The average Bonchev–Trinajstić information content (AvgIpc) is 3.74. The number of amides is 1. The molecule has 3 heterocycles. The summed E-state index contributed by atoms with van der Waals surface area (Å²) < 4.78 is 63.5. The second-order valence-corrected chi connectivity index (χ2v) is 17.8. The van der Waals surface area contributed by atoms with E-state index in [0.717, 1.165) is 16.8 Å². The Kier molecular flexibility index (Phi) is 9.38. The summed E-state index contributed by atoms with van der Waals surface area (Å²) in [7, 11) is -7.81. The molecule has 0 aromatic heterocycles. The number of sulfonamides is 2. The Hall–Kier alpha value is -5.66. The molecule has 1 amide bonds. The molecule has 0 saturated carbocycles. The second-order valence-electron chi connectivity index (χ2n) is 14.2. The number of fused-ring (bicyclic) bond motifs is 2. The van der Waals surface area contributed by atoms with Crippen LogP contribution in [0.25, 0.3) is 0 Å². The Labute approximate surface area is 321 Å². The molecule has 1 fully saturated rings. The predicted octanol–water partition coefficient (Wildman–Crippen LogP) is 6.15. The maximum atomic E-state index is 13.8. The van der Waals surface area contributed by atoms with Gasteiger partial charge in [0.15, 0.2) is 0 Å². The van der Waals surface area contributed by atoms with Crippen LogP contribution in [-0.4, -0.2) is 71.9 Å². The highest BCUT2D eigenvalue weighted by Crippen LogP contribution is 2.38. The van der Waals surface area contributed by atoms with E-state index in [-0.39, 0.29) is 33.3 Å². The van der Waals surface area contributed by atoms with E-state index in [1.54, 1.807) is 35.2 Å². The largest absolute Gasteiger partial charge is 0.423 e. The first-order chi connectivity index (χ1) is 26.4. The number of para-hydroxylation sites is 2. The fraction of sp³-hybridized carbons (Fsp3) is 0.238. The van der Waals surface area contributed by atoms with Crippen LogP contribution >= 0.6 is 0 Å². The minimum absolute atomic E-state index is 0.0130. The lowest BCUT2D eigenvalue weighted by atomic mass is 10.1. The molecule has 0 N–H and O–H groups in total. The molecule has 3 aliphatic heterocycles. The molecule has 2 atom stereocenters. The lowest BCUT2D eigenvalue weighted by Gasteiger charge is -2.36. The van der Waals surface area contributed by atoms with Crippen LogP contribution in [0.4, 0.5) is 17.1 Å². The first-order valence-corrected chi connectivity index (χ1v) is 21.1. The summed E-state index contributed by atoms with van der Waals surface area (Å²) in [4.78, 5) is 30.7. The van der Waals surface area contributed by atoms with Gasteiger partial charge in [-0.2, -0.15) is 0 Å². The third kappa shape index (κ3) is 6.71. The topological polar surface area (TPSA) is 125 Å². The van der Waals surface area contributed by atoms with Gasteiger partial charge in [-0.3, -0.25) is 13.4 Å². The fourth-order valence-electron chi connectivity index (χ4n) is 7.85. The molecule has 0 bridgehead atoms. The van der Waals surface area contributed by atoms with Gasteiger partial charge < -0.3 is 14.5 Å². The quantitative estimate of drug-likeness (QED) is 0.136. The van der Waals surface area contributed by atoms with E-state index in [1.165, 1.54) is 45.0 Å². The van der Waals surface area contributed by atoms with Gasteiger partial charge in [-0.05, 0) is 111 Å². The Morgan fingerprint density at radius 3 is 1.62 bits per heavy atom. The molecule has 13 heteroatoms. The van der Waals surface area contributed by atoms with Crippen LogP contribution in [0.3, 0.4) is 0 Å². The minimum Gasteiger partial charge on any atom is -0.423 e. The number of piperazine rings is 1. The summed E-state index contributed by atoms with van der Waals surface area (Å²) in [5.74, 6) is -0.603. The number of carbonyl (C=O) groups is 2. The summed E-state index contributed by atoms with van der Waals surface area (Å²) in [6.45, 7) is 5.72. The summed E-state index contributed by atoms with van der Waals surface area (Å²) in [5.41, 5.74) is 4.58. The minimum atomic E-state index is -3.93. The Bertz CT molecular complexity index is 2520. The highest BCUT2D eigenvalue weighted by atomic mass is 32.2. The molecular weight excluding hydrogens is 737 g/mol. The maximum Gasteiger partial charge on any atom is 0.343 e. The predicted molar refractivity (Wildman–Crippen MR) is 211 cm³/mol. The maximum absolute atomic E-state index is 13.8. The molecule has 0 spiro atoms. The highest BCUT2D eigenvalue weighted by molar-refractivity contribution is 7.93. The van der Waals surface area contributed by atoms with Crippen LogP contribution in [0.2, 0.25) is 0 Å². The van der Waals surface area contributed by atoms with E-state index in [9.17, 15) is 26.4 Å². The van der Waals surface area contributed by atoms with Crippen molar-refractivity contribution in [3.05, 3.63) is 144 Å². The van der Waals surface area contributed by atoms with Crippen molar-refractivity contribution < 1.29 is 31.2 Å². The van der Waals surface area contributed by atoms with Crippen molar-refractivity contribution in [1.82, 2.24) is 4.90 Å². The number of rotatable bonds is 8.